The number of nitrogens with one attached hydrogen (secondary N) is 2. The molecule has 5 rings (SSSR count). The third kappa shape index (κ3) is 7.17. The Kier molecular flexibility index (Phi) is 11.5. The lowest BCUT2D eigenvalue weighted by molar-refractivity contribution is -0.142. The molecule has 3 aromatic carbocycles. The molecule has 3 aromatic rings. The Balaban J connectivity index is 1.62. The van der Waals surface area contributed by atoms with Crippen LogP contribution in [0.1, 0.15) is 61.9 Å². The number of nitrogens with two attached hydrogens (primary N) is 1. The summed E-state index contributed by atoms with van der Waals surface area (Å²) in [4.78, 5) is 55.4. The molecule has 1 heterocycles. The number of amides is 3. The minimum atomic E-state index is -0.921. The smallest absolute Gasteiger partial charge is 0.246 e. The van der Waals surface area contributed by atoms with Gasteiger partial charge < -0.3 is 45.0 Å². The molecule has 0 radical (unpaired) electrons. The quantitative estimate of drug-likeness (QED) is 0.248. The molecule has 4 N–H and O–H groups in total. The SMILES string of the molecule is CCC(C)C(Nc1ccc2c(cc1=O)C(NC(C)=O)CCc1cc(OC)c(OC)c(OC)c1-2)C(=O)N1Cc2cc(OC)c(OC)cc2CC1C(N)=O. The van der Waals surface area contributed by atoms with Crippen LogP contribution in [0.3, 0.4) is 0 Å². The molecule has 2 aliphatic rings. The lowest BCUT2D eigenvalue weighted by Crippen LogP contribution is -2.56. The Morgan fingerprint density at radius 3 is 2.10 bits per heavy atom. The summed E-state index contributed by atoms with van der Waals surface area (Å²) < 4.78 is 28.2. The highest BCUT2D eigenvalue weighted by molar-refractivity contribution is 5.92. The van der Waals surface area contributed by atoms with Crippen LogP contribution < -0.4 is 45.5 Å². The second kappa shape index (κ2) is 15.8. The van der Waals surface area contributed by atoms with E-state index in [1.807, 2.05) is 19.9 Å². The molecule has 52 heavy (non-hydrogen) atoms. The van der Waals surface area contributed by atoms with Crippen LogP contribution >= 0.6 is 0 Å². The number of hydrogen-bond acceptors (Lipinski definition) is 10. The molecular weight excluding hydrogens is 668 g/mol. The van der Waals surface area contributed by atoms with Gasteiger partial charge in [-0.3, -0.25) is 19.2 Å². The van der Waals surface area contributed by atoms with Gasteiger partial charge >= 0.3 is 0 Å². The number of anilines is 1. The lowest BCUT2D eigenvalue weighted by atomic mass is 9.90. The second-order valence-electron chi connectivity index (χ2n) is 13.2. The molecule has 0 aromatic heterocycles. The highest BCUT2D eigenvalue weighted by Gasteiger charge is 2.39. The standard InChI is InChI=1S/C39H48N4O9/c1-9-20(2)35(39(47)43-19-24-17-32(49-5)31(48-4)16-23(24)14-29(43)38(40)46)42-28-13-11-25-26(18-30(28)45)27(41-21(3)44)12-10-22-15-33(50-6)36(51-7)37(52-8)34(22)25/h11,13,15-18,20,27,29,35H,9-10,12,14,19H2,1-8H3,(H2,40,46)(H,41,44)(H,42,45). The zero-order valence-corrected chi connectivity index (χ0v) is 31.0. The Hall–Kier alpha value is -5.46. The number of benzene rings is 2. The molecule has 0 fully saturated rings. The molecule has 0 spiro atoms. The number of carbonyl (C=O) groups excluding carboxylic acids is 3. The number of ether oxygens (including phenoxy) is 5. The van der Waals surface area contributed by atoms with E-state index in [4.69, 9.17) is 29.4 Å². The van der Waals surface area contributed by atoms with Gasteiger partial charge in [-0.05, 0) is 76.9 Å². The van der Waals surface area contributed by atoms with E-state index in [-0.39, 0.29) is 41.8 Å². The van der Waals surface area contributed by atoms with Crippen molar-refractivity contribution >= 4 is 23.4 Å². The van der Waals surface area contributed by atoms with Gasteiger partial charge in [0.25, 0.3) is 0 Å². The summed E-state index contributed by atoms with van der Waals surface area (Å²) in [6.45, 7) is 5.41. The number of primary amides is 1. The summed E-state index contributed by atoms with van der Waals surface area (Å²) in [5.41, 5.74) is 10.2. The summed E-state index contributed by atoms with van der Waals surface area (Å²) in [6, 6.07) is 8.14. The van der Waals surface area contributed by atoms with Gasteiger partial charge in [0.15, 0.2) is 23.0 Å². The van der Waals surface area contributed by atoms with Gasteiger partial charge in [0.05, 0.1) is 47.3 Å². The van der Waals surface area contributed by atoms with Crippen LogP contribution in [0.15, 0.2) is 41.2 Å². The number of nitrogens with zero attached hydrogens (tertiary/aromatic N) is 1. The molecule has 0 saturated heterocycles. The van der Waals surface area contributed by atoms with Crippen LogP contribution in [-0.2, 0) is 33.8 Å². The third-order valence-corrected chi connectivity index (χ3v) is 10.2. The summed E-state index contributed by atoms with van der Waals surface area (Å²) >= 11 is 0. The topological polar surface area (TPSA) is 168 Å². The average molecular weight is 717 g/mol. The van der Waals surface area contributed by atoms with Crippen molar-refractivity contribution in [1.29, 1.82) is 0 Å². The number of rotatable bonds is 12. The molecule has 4 unspecified atom stereocenters. The zero-order valence-electron chi connectivity index (χ0n) is 31.0. The van der Waals surface area contributed by atoms with Gasteiger partial charge in [0.2, 0.25) is 28.9 Å². The van der Waals surface area contributed by atoms with Crippen LogP contribution in [0, 0.1) is 5.92 Å². The van der Waals surface area contributed by atoms with E-state index in [9.17, 15) is 19.2 Å². The molecule has 13 heteroatoms. The molecule has 278 valence electrons. The zero-order chi connectivity index (χ0) is 37.9. The fourth-order valence-electron chi connectivity index (χ4n) is 7.25. The van der Waals surface area contributed by atoms with Gasteiger partial charge in [-0.15, -0.1) is 0 Å². The first-order chi connectivity index (χ1) is 24.9. The Morgan fingerprint density at radius 1 is 0.885 bits per heavy atom. The van der Waals surface area contributed by atoms with Gasteiger partial charge in [-0.2, -0.15) is 0 Å². The van der Waals surface area contributed by atoms with E-state index in [1.54, 1.807) is 31.4 Å². The number of carbonyl (C=O) groups is 3. The molecule has 3 amide bonds. The van der Waals surface area contributed by atoms with Crippen molar-refractivity contribution in [2.75, 3.05) is 40.9 Å². The van der Waals surface area contributed by atoms with E-state index in [1.165, 1.54) is 46.3 Å². The maximum absolute atomic E-state index is 14.6. The second-order valence-corrected chi connectivity index (χ2v) is 13.2. The molecule has 0 bridgehead atoms. The van der Waals surface area contributed by atoms with E-state index in [0.717, 1.165) is 16.7 Å². The maximum atomic E-state index is 14.6. The first kappa shape index (κ1) is 37.8. The molecule has 1 aliphatic carbocycles. The summed E-state index contributed by atoms with van der Waals surface area (Å²) in [5, 5.41) is 6.28. The van der Waals surface area contributed by atoms with Crippen molar-refractivity contribution in [3.63, 3.8) is 0 Å². The van der Waals surface area contributed by atoms with Crippen molar-refractivity contribution in [3.8, 4) is 39.9 Å². The summed E-state index contributed by atoms with van der Waals surface area (Å²) in [7, 11) is 7.68. The Labute approximate surface area is 303 Å². The summed E-state index contributed by atoms with van der Waals surface area (Å²) in [5.74, 6) is 0.831. The maximum Gasteiger partial charge on any atom is 0.246 e. The molecule has 1 aliphatic heterocycles. The fourth-order valence-corrected chi connectivity index (χ4v) is 7.25. The number of methoxy groups -OCH3 is 5. The van der Waals surface area contributed by atoms with Gasteiger partial charge in [-0.1, -0.05) is 26.3 Å². The van der Waals surface area contributed by atoms with E-state index in [0.29, 0.717) is 64.7 Å². The van der Waals surface area contributed by atoms with Gasteiger partial charge in [-0.25, -0.2) is 0 Å². The summed E-state index contributed by atoms with van der Waals surface area (Å²) in [6.07, 6.45) is 1.85. The van der Waals surface area contributed by atoms with E-state index >= 15 is 0 Å². The number of fused-ring (bicyclic) bond motifs is 4. The molecular formula is C39H48N4O9. The van der Waals surface area contributed by atoms with Crippen LogP contribution in [-0.4, -0.2) is 70.3 Å². The van der Waals surface area contributed by atoms with E-state index in [2.05, 4.69) is 10.6 Å². The van der Waals surface area contributed by atoms with Crippen molar-refractivity contribution in [2.45, 2.75) is 71.1 Å². The van der Waals surface area contributed by atoms with Crippen molar-refractivity contribution in [1.82, 2.24) is 10.2 Å². The molecule has 13 nitrogen and oxygen atoms in total. The highest BCUT2D eigenvalue weighted by atomic mass is 16.5. The predicted molar refractivity (Wildman–Crippen MR) is 196 cm³/mol. The average Bonchev–Trinajstić information content (AvgIpc) is 3.38. The molecule has 0 saturated carbocycles. The Bertz CT molecular complexity index is 1930. The predicted octanol–water partition coefficient (Wildman–Crippen LogP) is 4.15. The van der Waals surface area contributed by atoms with Crippen LogP contribution in [0.25, 0.3) is 11.1 Å². The van der Waals surface area contributed by atoms with Gasteiger partial charge in [0.1, 0.15) is 12.1 Å². The largest absolute Gasteiger partial charge is 0.493 e. The lowest BCUT2D eigenvalue weighted by Gasteiger charge is -2.38. The minimum absolute atomic E-state index is 0.109. The van der Waals surface area contributed by atoms with Crippen LogP contribution in [0.5, 0.6) is 28.7 Å². The number of aryl methyl sites for hydroxylation is 1. The minimum Gasteiger partial charge on any atom is -0.493 e. The van der Waals surface area contributed by atoms with Crippen molar-refractivity contribution in [2.24, 2.45) is 11.7 Å². The monoisotopic (exact) mass is 716 g/mol. The highest BCUT2D eigenvalue weighted by Crippen LogP contribution is 2.50. The van der Waals surface area contributed by atoms with Crippen LogP contribution in [0.2, 0.25) is 0 Å². The third-order valence-electron chi connectivity index (χ3n) is 10.2. The van der Waals surface area contributed by atoms with Crippen LogP contribution in [0.4, 0.5) is 5.69 Å². The van der Waals surface area contributed by atoms with Gasteiger partial charge in [0, 0.05) is 25.5 Å². The van der Waals surface area contributed by atoms with Crippen molar-refractivity contribution < 1.29 is 38.1 Å². The number of hydrogen-bond donors (Lipinski definition) is 3. The fraction of sp³-hybridized carbons (Fsp3) is 0.436. The normalized spacial score (nSPS) is 17.2. The first-order valence-corrected chi connectivity index (χ1v) is 17.3. The van der Waals surface area contributed by atoms with E-state index < -0.39 is 24.0 Å². The first-order valence-electron chi connectivity index (χ1n) is 17.3. The molecule has 4 atom stereocenters. The van der Waals surface area contributed by atoms with Crippen molar-refractivity contribution in [3.05, 3.63) is 68.9 Å². The Morgan fingerprint density at radius 2 is 1.52 bits per heavy atom.